The Kier molecular flexibility index (Phi) is 4.95. The van der Waals surface area contributed by atoms with Gasteiger partial charge in [-0.25, -0.2) is 4.39 Å². The molecule has 0 bridgehead atoms. The second-order valence-corrected chi connectivity index (χ2v) is 6.03. The van der Waals surface area contributed by atoms with Gasteiger partial charge in [-0.2, -0.15) is 0 Å². The van der Waals surface area contributed by atoms with Gasteiger partial charge in [-0.3, -0.25) is 0 Å². The van der Waals surface area contributed by atoms with E-state index in [-0.39, 0.29) is 17.8 Å². The first-order chi connectivity index (χ1) is 9.59. The molecule has 0 aromatic heterocycles. The van der Waals surface area contributed by atoms with Crippen LogP contribution < -0.4 is 0 Å². The zero-order chi connectivity index (χ0) is 14.6. The highest BCUT2D eigenvalue weighted by molar-refractivity contribution is 9.10. The van der Waals surface area contributed by atoms with Crippen molar-refractivity contribution < 1.29 is 9.50 Å². The van der Waals surface area contributed by atoms with Crippen molar-refractivity contribution in [2.45, 2.75) is 25.2 Å². The number of hydrogen-bond acceptors (Lipinski definition) is 1. The van der Waals surface area contributed by atoms with Gasteiger partial charge in [-0.05, 0) is 42.2 Å². The summed E-state index contributed by atoms with van der Waals surface area (Å²) in [6.07, 6.45) is 1.40. The first-order valence-electron chi connectivity index (χ1n) is 6.71. The third-order valence-corrected chi connectivity index (χ3v) is 4.29. The fourth-order valence-electron chi connectivity index (χ4n) is 2.59. The van der Waals surface area contributed by atoms with Crippen molar-refractivity contribution in [1.29, 1.82) is 0 Å². The van der Waals surface area contributed by atoms with Crippen molar-refractivity contribution in [1.82, 2.24) is 0 Å². The van der Waals surface area contributed by atoms with E-state index < -0.39 is 0 Å². The van der Waals surface area contributed by atoms with Gasteiger partial charge in [0.15, 0.2) is 0 Å². The summed E-state index contributed by atoms with van der Waals surface area (Å²) in [5.74, 6) is -0.259. The number of hydrogen-bond donors (Lipinski definition) is 1. The van der Waals surface area contributed by atoms with Crippen LogP contribution in [-0.2, 0) is 11.8 Å². The van der Waals surface area contributed by atoms with Crippen LogP contribution in [0.5, 0.6) is 0 Å². The minimum absolute atomic E-state index is 0.0433. The van der Waals surface area contributed by atoms with E-state index in [1.807, 2.05) is 36.4 Å². The predicted molar refractivity (Wildman–Crippen MR) is 83.3 cm³/mol. The first-order valence-corrected chi connectivity index (χ1v) is 7.50. The molecule has 106 valence electrons. The van der Waals surface area contributed by atoms with Gasteiger partial charge in [0.05, 0.1) is 6.61 Å². The van der Waals surface area contributed by atoms with E-state index in [9.17, 15) is 9.50 Å². The molecule has 0 spiro atoms. The van der Waals surface area contributed by atoms with Crippen molar-refractivity contribution in [2.24, 2.45) is 0 Å². The summed E-state index contributed by atoms with van der Waals surface area (Å²) < 4.78 is 14.2. The maximum absolute atomic E-state index is 13.5. The lowest BCUT2D eigenvalue weighted by Gasteiger charge is -2.31. The molecule has 1 unspecified atom stereocenters. The number of halogens is 2. The number of benzene rings is 2. The van der Waals surface area contributed by atoms with E-state index in [4.69, 9.17) is 0 Å². The molecule has 1 N–H and O–H groups in total. The Bertz CT molecular complexity index is 544. The zero-order valence-corrected chi connectivity index (χ0v) is 13.0. The van der Waals surface area contributed by atoms with Crippen molar-refractivity contribution in [3.05, 3.63) is 69.9 Å². The van der Waals surface area contributed by atoms with Crippen molar-refractivity contribution in [2.75, 3.05) is 6.61 Å². The van der Waals surface area contributed by atoms with Crippen LogP contribution in [0.2, 0.25) is 0 Å². The number of aliphatic hydroxyl groups is 1. The van der Waals surface area contributed by atoms with Crippen LogP contribution in [0, 0.1) is 5.82 Å². The largest absolute Gasteiger partial charge is 0.395 e. The van der Waals surface area contributed by atoms with Crippen molar-refractivity contribution >= 4 is 15.9 Å². The van der Waals surface area contributed by atoms with E-state index in [0.717, 1.165) is 22.0 Å². The molecular formula is C17H18BrFO. The van der Waals surface area contributed by atoms with Crippen LogP contribution in [0.3, 0.4) is 0 Å². The molecule has 0 radical (unpaired) electrons. The minimum Gasteiger partial charge on any atom is -0.395 e. The quantitative estimate of drug-likeness (QED) is 0.853. The third kappa shape index (κ3) is 3.28. The lowest BCUT2D eigenvalue weighted by Crippen LogP contribution is -2.32. The first kappa shape index (κ1) is 15.2. The minimum atomic E-state index is -0.367. The predicted octanol–water partition coefficient (Wildman–Crippen LogP) is 4.47. The Morgan fingerprint density at radius 3 is 2.40 bits per heavy atom. The highest BCUT2D eigenvalue weighted by Crippen LogP contribution is 2.32. The van der Waals surface area contributed by atoms with E-state index in [2.05, 4.69) is 22.9 Å². The van der Waals surface area contributed by atoms with Gasteiger partial charge in [0.1, 0.15) is 5.82 Å². The molecule has 2 aromatic carbocycles. The summed E-state index contributed by atoms with van der Waals surface area (Å²) in [4.78, 5) is 0. The summed E-state index contributed by atoms with van der Waals surface area (Å²) in [5.41, 5.74) is 1.61. The number of rotatable bonds is 5. The second-order valence-electron chi connectivity index (χ2n) is 5.11. The molecule has 0 aliphatic carbocycles. The highest BCUT2D eigenvalue weighted by atomic mass is 79.9. The Morgan fingerprint density at radius 2 is 1.85 bits per heavy atom. The topological polar surface area (TPSA) is 20.2 Å². The Labute approximate surface area is 127 Å². The molecule has 1 nitrogen and oxygen atoms in total. The van der Waals surface area contributed by atoms with E-state index >= 15 is 0 Å². The van der Waals surface area contributed by atoms with Gasteiger partial charge in [-0.15, -0.1) is 0 Å². The fourth-order valence-corrected chi connectivity index (χ4v) is 3.10. The van der Waals surface area contributed by atoms with Crippen LogP contribution in [0.25, 0.3) is 0 Å². The van der Waals surface area contributed by atoms with Crippen LogP contribution in [0.1, 0.15) is 24.5 Å². The van der Waals surface area contributed by atoms with Crippen molar-refractivity contribution in [3.63, 3.8) is 0 Å². The zero-order valence-electron chi connectivity index (χ0n) is 11.4. The summed E-state index contributed by atoms with van der Waals surface area (Å²) in [5, 5.41) is 9.92. The Balaban J connectivity index is 2.39. The molecule has 3 heteroatoms. The normalized spacial score (nSPS) is 14.0. The van der Waals surface area contributed by atoms with Gasteiger partial charge in [-0.1, -0.05) is 53.2 Å². The molecule has 0 aliphatic rings. The van der Waals surface area contributed by atoms with E-state index in [1.165, 1.54) is 12.1 Å². The molecule has 0 amide bonds. The maximum atomic E-state index is 13.5. The smallest absolute Gasteiger partial charge is 0.124 e. The van der Waals surface area contributed by atoms with Crippen molar-refractivity contribution in [3.8, 4) is 0 Å². The van der Waals surface area contributed by atoms with Gasteiger partial charge >= 0.3 is 0 Å². The molecule has 20 heavy (non-hydrogen) atoms. The van der Waals surface area contributed by atoms with Gasteiger partial charge in [0.2, 0.25) is 0 Å². The molecule has 0 fully saturated rings. The van der Waals surface area contributed by atoms with Crippen LogP contribution in [0.15, 0.2) is 53.0 Å². The summed E-state index contributed by atoms with van der Waals surface area (Å²) in [6.45, 7) is 2.10. The molecule has 2 rings (SSSR count). The molecule has 0 saturated carbocycles. The van der Waals surface area contributed by atoms with E-state index in [0.29, 0.717) is 6.42 Å². The number of aliphatic hydroxyl groups excluding tert-OH is 1. The Hall–Kier alpha value is -1.19. The SMILES string of the molecule is CCC(CO)(Cc1cc(F)cc(Br)c1)c1ccccc1. The molecular weight excluding hydrogens is 319 g/mol. The lowest BCUT2D eigenvalue weighted by atomic mass is 9.74. The van der Waals surface area contributed by atoms with Crippen LogP contribution in [-0.4, -0.2) is 11.7 Å². The molecule has 1 atom stereocenters. The van der Waals surface area contributed by atoms with Gasteiger partial charge in [0.25, 0.3) is 0 Å². The monoisotopic (exact) mass is 336 g/mol. The van der Waals surface area contributed by atoms with E-state index in [1.54, 1.807) is 0 Å². The standard InChI is InChI=1S/C17H18BrFO/c1-2-17(12-20,14-6-4-3-5-7-14)11-13-8-15(18)10-16(19)9-13/h3-10,20H,2,11-12H2,1H3. The molecule has 0 saturated heterocycles. The maximum Gasteiger partial charge on any atom is 0.124 e. The molecule has 0 aliphatic heterocycles. The fraction of sp³-hybridized carbons (Fsp3) is 0.294. The molecule has 0 heterocycles. The summed E-state index contributed by atoms with van der Waals surface area (Å²) in [7, 11) is 0. The van der Waals surface area contributed by atoms with Crippen LogP contribution >= 0.6 is 15.9 Å². The Morgan fingerprint density at radius 1 is 1.15 bits per heavy atom. The average molecular weight is 337 g/mol. The van der Waals surface area contributed by atoms with Crippen LogP contribution in [0.4, 0.5) is 4.39 Å². The summed E-state index contributed by atoms with van der Waals surface area (Å²) in [6, 6.07) is 14.8. The van der Waals surface area contributed by atoms with Gasteiger partial charge < -0.3 is 5.11 Å². The highest BCUT2D eigenvalue weighted by Gasteiger charge is 2.30. The second kappa shape index (κ2) is 6.51. The average Bonchev–Trinajstić information content (AvgIpc) is 2.45. The third-order valence-electron chi connectivity index (χ3n) is 3.83. The van der Waals surface area contributed by atoms with Gasteiger partial charge in [0, 0.05) is 9.89 Å². The molecule has 2 aromatic rings. The summed E-state index contributed by atoms with van der Waals surface area (Å²) >= 11 is 3.32. The lowest BCUT2D eigenvalue weighted by molar-refractivity contribution is 0.186.